The van der Waals surface area contributed by atoms with E-state index < -0.39 is 0 Å². The molecule has 1 fully saturated rings. The standard InChI is InChI=1S/C15H20N2/c1-17-13-8-3-2-7-12(13)15(11-5-4-6-11)14(17)9-10-16/h2-3,7-8,11H,4-6,9-10,16H2,1H3. The van der Waals surface area contributed by atoms with Crippen molar-refractivity contribution in [2.45, 2.75) is 31.6 Å². The van der Waals surface area contributed by atoms with Crippen molar-refractivity contribution < 1.29 is 0 Å². The van der Waals surface area contributed by atoms with Gasteiger partial charge in [0, 0.05) is 30.1 Å². The van der Waals surface area contributed by atoms with Gasteiger partial charge in [0.2, 0.25) is 0 Å². The second kappa shape index (κ2) is 4.19. The molecule has 2 heteroatoms. The van der Waals surface area contributed by atoms with E-state index in [1.165, 1.54) is 35.9 Å². The third-order valence-corrected chi connectivity index (χ3v) is 4.17. The normalized spacial score (nSPS) is 16.4. The second-order valence-corrected chi connectivity index (χ2v) is 5.10. The zero-order valence-corrected chi connectivity index (χ0v) is 10.4. The molecule has 2 nitrogen and oxygen atoms in total. The van der Waals surface area contributed by atoms with Crippen LogP contribution in [0.2, 0.25) is 0 Å². The maximum atomic E-state index is 5.77. The molecule has 1 heterocycles. The lowest BCUT2D eigenvalue weighted by Crippen LogP contribution is -2.14. The van der Waals surface area contributed by atoms with Gasteiger partial charge in [-0.15, -0.1) is 0 Å². The molecule has 3 rings (SSSR count). The highest BCUT2D eigenvalue weighted by Crippen LogP contribution is 2.42. The maximum Gasteiger partial charge on any atom is 0.0482 e. The lowest BCUT2D eigenvalue weighted by atomic mass is 9.78. The summed E-state index contributed by atoms with van der Waals surface area (Å²) in [6, 6.07) is 8.76. The predicted octanol–water partition coefficient (Wildman–Crippen LogP) is 2.95. The molecule has 0 amide bonds. The van der Waals surface area contributed by atoms with Crippen LogP contribution in [-0.4, -0.2) is 11.1 Å². The van der Waals surface area contributed by atoms with Crippen molar-refractivity contribution in [1.82, 2.24) is 4.57 Å². The van der Waals surface area contributed by atoms with Gasteiger partial charge in [0.05, 0.1) is 0 Å². The van der Waals surface area contributed by atoms with Gasteiger partial charge in [-0.1, -0.05) is 24.6 Å². The summed E-state index contributed by atoms with van der Waals surface area (Å²) in [5, 5.41) is 1.45. The van der Waals surface area contributed by atoms with Gasteiger partial charge in [-0.05, 0) is 36.9 Å². The Kier molecular flexibility index (Phi) is 2.67. The highest BCUT2D eigenvalue weighted by molar-refractivity contribution is 5.86. The zero-order chi connectivity index (χ0) is 11.8. The summed E-state index contributed by atoms with van der Waals surface area (Å²) in [6.07, 6.45) is 5.09. The van der Waals surface area contributed by atoms with Crippen molar-refractivity contribution in [2.75, 3.05) is 6.54 Å². The van der Waals surface area contributed by atoms with E-state index in [0.717, 1.165) is 18.9 Å². The Morgan fingerprint density at radius 3 is 2.71 bits per heavy atom. The van der Waals surface area contributed by atoms with Crippen LogP contribution in [-0.2, 0) is 13.5 Å². The van der Waals surface area contributed by atoms with E-state index in [-0.39, 0.29) is 0 Å². The van der Waals surface area contributed by atoms with E-state index >= 15 is 0 Å². The summed E-state index contributed by atoms with van der Waals surface area (Å²) in [4.78, 5) is 0. The number of hydrogen-bond donors (Lipinski definition) is 1. The highest BCUT2D eigenvalue weighted by atomic mass is 15.0. The van der Waals surface area contributed by atoms with Crippen LogP contribution in [0.4, 0.5) is 0 Å². The molecule has 0 atom stereocenters. The summed E-state index contributed by atoms with van der Waals surface area (Å²) in [6.45, 7) is 0.740. The number of hydrogen-bond acceptors (Lipinski definition) is 1. The summed E-state index contributed by atoms with van der Waals surface area (Å²) >= 11 is 0. The van der Waals surface area contributed by atoms with Crippen molar-refractivity contribution in [1.29, 1.82) is 0 Å². The zero-order valence-electron chi connectivity index (χ0n) is 10.4. The molecule has 0 bridgehead atoms. The summed E-state index contributed by atoms with van der Waals surface area (Å²) in [7, 11) is 2.18. The van der Waals surface area contributed by atoms with Gasteiger partial charge >= 0.3 is 0 Å². The largest absolute Gasteiger partial charge is 0.347 e. The third kappa shape index (κ3) is 1.59. The maximum absolute atomic E-state index is 5.77. The van der Waals surface area contributed by atoms with E-state index in [1.807, 2.05) is 0 Å². The van der Waals surface area contributed by atoms with Crippen LogP contribution in [0.5, 0.6) is 0 Å². The van der Waals surface area contributed by atoms with Crippen LogP contribution in [0.15, 0.2) is 24.3 Å². The van der Waals surface area contributed by atoms with Gasteiger partial charge in [-0.2, -0.15) is 0 Å². The third-order valence-electron chi connectivity index (χ3n) is 4.17. The van der Waals surface area contributed by atoms with Crippen LogP contribution in [0.1, 0.15) is 36.4 Å². The predicted molar refractivity (Wildman–Crippen MR) is 72.3 cm³/mol. The Bertz CT molecular complexity index is 535. The molecule has 17 heavy (non-hydrogen) atoms. The Balaban J connectivity index is 2.23. The van der Waals surface area contributed by atoms with Crippen LogP contribution in [0.3, 0.4) is 0 Å². The summed E-state index contributed by atoms with van der Waals surface area (Å²) in [5.41, 5.74) is 10.2. The first-order valence-electron chi connectivity index (χ1n) is 6.59. The molecule has 1 aromatic carbocycles. The molecule has 1 aliphatic carbocycles. The average molecular weight is 228 g/mol. The quantitative estimate of drug-likeness (QED) is 0.860. The van der Waals surface area contributed by atoms with Gasteiger partial charge in [-0.3, -0.25) is 0 Å². The Morgan fingerprint density at radius 2 is 2.06 bits per heavy atom. The molecule has 1 saturated carbocycles. The number of rotatable bonds is 3. The fourth-order valence-electron chi connectivity index (χ4n) is 3.07. The van der Waals surface area contributed by atoms with Gasteiger partial charge < -0.3 is 10.3 Å². The molecule has 0 unspecified atom stereocenters. The SMILES string of the molecule is Cn1c(CCN)c(C2CCC2)c2ccccc21. The number of nitrogens with zero attached hydrogens (tertiary/aromatic N) is 1. The molecule has 0 saturated heterocycles. The molecule has 0 radical (unpaired) electrons. The van der Waals surface area contributed by atoms with Crippen molar-refractivity contribution in [3.8, 4) is 0 Å². The topological polar surface area (TPSA) is 30.9 Å². The number of aromatic nitrogens is 1. The first-order chi connectivity index (χ1) is 8.33. The van der Waals surface area contributed by atoms with Crippen molar-refractivity contribution in [3.63, 3.8) is 0 Å². The Morgan fingerprint density at radius 1 is 1.29 bits per heavy atom. The van der Waals surface area contributed by atoms with Crippen molar-refractivity contribution >= 4 is 10.9 Å². The molecule has 0 spiro atoms. The lowest BCUT2D eigenvalue weighted by Gasteiger charge is -2.26. The van der Waals surface area contributed by atoms with Crippen molar-refractivity contribution in [3.05, 3.63) is 35.5 Å². The summed E-state index contributed by atoms with van der Waals surface area (Å²) < 4.78 is 2.34. The number of para-hydroxylation sites is 1. The number of fused-ring (bicyclic) bond motifs is 1. The highest BCUT2D eigenvalue weighted by Gasteiger charge is 2.26. The molecule has 2 N–H and O–H groups in total. The second-order valence-electron chi connectivity index (χ2n) is 5.10. The monoisotopic (exact) mass is 228 g/mol. The first kappa shape index (κ1) is 10.8. The smallest absolute Gasteiger partial charge is 0.0482 e. The fraction of sp³-hybridized carbons (Fsp3) is 0.467. The minimum atomic E-state index is 0.740. The van der Waals surface area contributed by atoms with Gasteiger partial charge in [0.25, 0.3) is 0 Å². The van der Waals surface area contributed by atoms with Gasteiger partial charge in [0.15, 0.2) is 0 Å². The van der Waals surface area contributed by atoms with Gasteiger partial charge in [0.1, 0.15) is 0 Å². The van der Waals surface area contributed by atoms with E-state index in [1.54, 1.807) is 5.56 Å². The minimum absolute atomic E-state index is 0.740. The van der Waals surface area contributed by atoms with Crippen molar-refractivity contribution in [2.24, 2.45) is 12.8 Å². The molecule has 0 aliphatic heterocycles. The molecule has 1 aromatic heterocycles. The lowest BCUT2D eigenvalue weighted by molar-refractivity contribution is 0.418. The Labute approximate surface area is 102 Å². The summed E-state index contributed by atoms with van der Waals surface area (Å²) in [5.74, 6) is 0.780. The van der Waals surface area contributed by atoms with Gasteiger partial charge in [-0.25, -0.2) is 0 Å². The molecule has 2 aromatic rings. The number of benzene rings is 1. The van der Waals surface area contributed by atoms with Crippen LogP contribution in [0.25, 0.3) is 10.9 Å². The Hall–Kier alpha value is -1.28. The van der Waals surface area contributed by atoms with E-state index in [4.69, 9.17) is 5.73 Å². The molecule has 90 valence electrons. The average Bonchev–Trinajstić information content (AvgIpc) is 2.54. The molecule has 1 aliphatic rings. The van der Waals surface area contributed by atoms with Crippen LogP contribution >= 0.6 is 0 Å². The van der Waals surface area contributed by atoms with E-state index in [9.17, 15) is 0 Å². The van der Waals surface area contributed by atoms with Crippen LogP contribution in [0, 0.1) is 0 Å². The number of nitrogens with two attached hydrogens (primary N) is 1. The fourth-order valence-corrected chi connectivity index (χ4v) is 3.07. The molecular weight excluding hydrogens is 208 g/mol. The minimum Gasteiger partial charge on any atom is -0.347 e. The first-order valence-corrected chi connectivity index (χ1v) is 6.59. The van der Waals surface area contributed by atoms with Crippen LogP contribution < -0.4 is 5.73 Å². The van der Waals surface area contributed by atoms with E-state index in [2.05, 4.69) is 35.9 Å². The molecular formula is C15H20N2. The van der Waals surface area contributed by atoms with E-state index in [0.29, 0.717) is 0 Å². The number of aryl methyl sites for hydroxylation is 1.